The van der Waals surface area contributed by atoms with E-state index in [4.69, 9.17) is 14.2 Å². The van der Waals surface area contributed by atoms with Crippen molar-refractivity contribution in [2.45, 2.75) is 18.9 Å². The molecule has 7 heteroatoms. The molecule has 0 radical (unpaired) electrons. The van der Waals surface area contributed by atoms with Gasteiger partial charge in [0.1, 0.15) is 11.9 Å². The number of benzene rings is 1. The Morgan fingerprint density at radius 2 is 1.96 bits per heavy atom. The summed E-state index contributed by atoms with van der Waals surface area (Å²) in [7, 11) is 0. The number of rotatable bonds is 5. The molecule has 2 heterocycles. The number of nitrogens with one attached hydrogen (secondary N) is 2. The molecule has 0 aromatic heterocycles. The monoisotopic (exact) mass is 356 g/mol. The van der Waals surface area contributed by atoms with Gasteiger partial charge < -0.3 is 24.8 Å². The summed E-state index contributed by atoms with van der Waals surface area (Å²) < 4.78 is 16.6. The van der Waals surface area contributed by atoms with Crippen molar-refractivity contribution >= 4 is 24.0 Å². The molecule has 1 aromatic carbocycles. The average molecular weight is 357 g/mol. The van der Waals surface area contributed by atoms with Crippen LogP contribution in [0.2, 0.25) is 0 Å². The van der Waals surface area contributed by atoms with Gasteiger partial charge in [0, 0.05) is 32.0 Å². The number of morpholine rings is 1. The predicted octanol–water partition coefficient (Wildman–Crippen LogP) is 1.84. The quantitative estimate of drug-likeness (QED) is 0.842. The van der Waals surface area contributed by atoms with Gasteiger partial charge in [0.2, 0.25) is 0 Å². The average Bonchev–Trinajstić information content (AvgIpc) is 2.63. The number of amides is 1. The van der Waals surface area contributed by atoms with E-state index in [2.05, 4.69) is 10.6 Å². The molecule has 134 valence electrons. The maximum absolute atomic E-state index is 12.1. The zero-order chi connectivity index (χ0) is 15.9. The van der Waals surface area contributed by atoms with Crippen LogP contribution in [0.15, 0.2) is 24.3 Å². The second-order valence-electron chi connectivity index (χ2n) is 5.94. The third-order valence-electron chi connectivity index (χ3n) is 4.17. The van der Waals surface area contributed by atoms with Gasteiger partial charge in [-0.25, -0.2) is 0 Å². The molecular formula is C17H25ClN2O4. The first kappa shape index (κ1) is 19.0. The lowest BCUT2D eigenvalue weighted by atomic mass is 10.0. The summed E-state index contributed by atoms with van der Waals surface area (Å²) in [5.74, 6) is 1.28. The number of anilines is 1. The number of halogens is 1. The lowest BCUT2D eigenvalue weighted by Gasteiger charge is -2.23. The van der Waals surface area contributed by atoms with Gasteiger partial charge >= 0.3 is 0 Å². The minimum atomic E-state index is -0.423. The van der Waals surface area contributed by atoms with Crippen LogP contribution in [0, 0.1) is 5.92 Å². The van der Waals surface area contributed by atoms with Crippen molar-refractivity contribution in [3.8, 4) is 5.75 Å². The smallest absolute Gasteiger partial charge is 0.254 e. The van der Waals surface area contributed by atoms with Crippen LogP contribution in [0.4, 0.5) is 5.69 Å². The van der Waals surface area contributed by atoms with Crippen molar-refractivity contribution in [1.82, 2.24) is 5.32 Å². The molecule has 0 saturated carbocycles. The molecule has 1 atom stereocenters. The number of hydrogen-bond acceptors (Lipinski definition) is 5. The molecule has 2 saturated heterocycles. The summed E-state index contributed by atoms with van der Waals surface area (Å²) in [5, 5.41) is 6.01. The van der Waals surface area contributed by atoms with Gasteiger partial charge in [-0.3, -0.25) is 4.79 Å². The van der Waals surface area contributed by atoms with E-state index >= 15 is 0 Å². The topological polar surface area (TPSA) is 68.8 Å². The number of hydrogen-bond donors (Lipinski definition) is 2. The Bertz CT molecular complexity index is 500. The van der Waals surface area contributed by atoms with Crippen molar-refractivity contribution in [3.63, 3.8) is 0 Å². The molecule has 3 rings (SSSR count). The van der Waals surface area contributed by atoms with Gasteiger partial charge in [-0.2, -0.15) is 0 Å². The largest absolute Gasteiger partial charge is 0.493 e. The van der Waals surface area contributed by atoms with Crippen molar-refractivity contribution < 1.29 is 19.0 Å². The summed E-state index contributed by atoms with van der Waals surface area (Å²) >= 11 is 0. The molecule has 24 heavy (non-hydrogen) atoms. The lowest BCUT2D eigenvalue weighted by Crippen LogP contribution is -2.45. The first-order valence-electron chi connectivity index (χ1n) is 8.25. The second-order valence-corrected chi connectivity index (χ2v) is 5.94. The van der Waals surface area contributed by atoms with Gasteiger partial charge in [0.05, 0.1) is 13.2 Å². The van der Waals surface area contributed by atoms with Crippen LogP contribution < -0.4 is 15.4 Å². The zero-order valence-corrected chi connectivity index (χ0v) is 14.5. The van der Waals surface area contributed by atoms with Crippen LogP contribution in [0.3, 0.4) is 0 Å². The van der Waals surface area contributed by atoms with E-state index in [-0.39, 0.29) is 18.3 Å². The standard InChI is InChI=1S/C17H24N2O4.ClH/c20-17(16-11-18-7-10-22-16)19-14-1-3-15(4-2-14)23-12-13-5-8-21-9-6-13;/h1-4,13,16,18H,5-12H2,(H,19,20);1H. The summed E-state index contributed by atoms with van der Waals surface area (Å²) in [5.41, 5.74) is 0.752. The molecule has 1 unspecified atom stereocenters. The molecule has 6 nitrogen and oxygen atoms in total. The summed E-state index contributed by atoms with van der Waals surface area (Å²) in [6.45, 7) is 4.29. The van der Waals surface area contributed by atoms with Crippen LogP contribution in [0.25, 0.3) is 0 Å². The highest BCUT2D eigenvalue weighted by Crippen LogP contribution is 2.20. The summed E-state index contributed by atoms with van der Waals surface area (Å²) in [6.07, 6.45) is 1.70. The molecule has 1 amide bonds. The highest BCUT2D eigenvalue weighted by Gasteiger charge is 2.21. The lowest BCUT2D eigenvalue weighted by molar-refractivity contribution is -0.128. The third-order valence-corrected chi connectivity index (χ3v) is 4.17. The van der Waals surface area contributed by atoms with Gasteiger partial charge in [0.15, 0.2) is 0 Å². The molecule has 2 fully saturated rings. The van der Waals surface area contributed by atoms with Crippen LogP contribution in [-0.2, 0) is 14.3 Å². The minimum Gasteiger partial charge on any atom is -0.493 e. The maximum Gasteiger partial charge on any atom is 0.254 e. The fourth-order valence-electron chi connectivity index (χ4n) is 2.72. The molecule has 0 spiro atoms. The van der Waals surface area contributed by atoms with Gasteiger partial charge in [-0.1, -0.05) is 0 Å². The number of carbonyl (C=O) groups is 1. The Hall–Kier alpha value is -1.34. The minimum absolute atomic E-state index is 0. The molecule has 2 N–H and O–H groups in total. The van der Waals surface area contributed by atoms with E-state index in [1.54, 1.807) is 0 Å². The molecule has 2 aliphatic rings. The van der Waals surface area contributed by atoms with Crippen LogP contribution in [-0.4, -0.2) is 51.5 Å². The van der Waals surface area contributed by atoms with Crippen LogP contribution in [0.1, 0.15) is 12.8 Å². The normalized spacial score (nSPS) is 21.6. The molecule has 2 aliphatic heterocycles. The Morgan fingerprint density at radius 1 is 1.21 bits per heavy atom. The Kier molecular flexibility index (Phi) is 7.78. The number of carbonyl (C=O) groups excluding carboxylic acids is 1. The predicted molar refractivity (Wildman–Crippen MR) is 94.0 cm³/mol. The van der Waals surface area contributed by atoms with E-state index in [9.17, 15) is 4.79 Å². The van der Waals surface area contributed by atoms with Crippen molar-refractivity contribution in [2.75, 3.05) is 44.8 Å². The maximum atomic E-state index is 12.1. The fraction of sp³-hybridized carbons (Fsp3) is 0.588. The zero-order valence-electron chi connectivity index (χ0n) is 13.7. The summed E-state index contributed by atoms with van der Waals surface area (Å²) in [6, 6.07) is 7.48. The Morgan fingerprint density at radius 3 is 2.62 bits per heavy atom. The van der Waals surface area contributed by atoms with E-state index in [1.807, 2.05) is 24.3 Å². The van der Waals surface area contributed by atoms with Gasteiger partial charge in [-0.05, 0) is 43.0 Å². The van der Waals surface area contributed by atoms with Crippen molar-refractivity contribution in [2.24, 2.45) is 5.92 Å². The number of ether oxygens (including phenoxy) is 3. The van der Waals surface area contributed by atoms with E-state index in [1.165, 1.54) is 0 Å². The third kappa shape index (κ3) is 5.63. The molecule has 0 aliphatic carbocycles. The second kappa shape index (κ2) is 9.84. The Labute approximate surface area is 148 Å². The molecule has 0 bridgehead atoms. The highest BCUT2D eigenvalue weighted by molar-refractivity contribution is 5.94. The van der Waals surface area contributed by atoms with Gasteiger partial charge in [-0.15, -0.1) is 12.4 Å². The van der Waals surface area contributed by atoms with Gasteiger partial charge in [0.25, 0.3) is 5.91 Å². The van der Waals surface area contributed by atoms with E-state index < -0.39 is 6.10 Å². The van der Waals surface area contributed by atoms with E-state index in [0.717, 1.165) is 50.6 Å². The molecule has 1 aromatic rings. The first-order valence-corrected chi connectivity index (χ1v) is 8.25. The molecular weight excluding hydrogens is 332 g/mol. The highest BCUT2D eigenvalue weighted by atomic mass is 35.5. The summed E-state index contributed by atoms with van der Waals surface area (Å²) in [4.78, 5) is 12.1. The van der Waals surface area contributed by atoms with Crippen LogP contribution in [0.5, 0.6) is 5.75 Å². The van der Waals surface area contributed by atoms with Crippen LogP contribution >= 0.6 is 12.4 Å². The van der Waals surface area contributed by atoms with Crippen molar-refractivity contribution in [1.29, 1.82) is 0 Å². The fourth-order valence-corrected chi connectivity index (χ4v) is 2.72. The SMILES string of the molecule is Cl.O=C(Nc1ccc(OCC2CCOCC2)cc1)C1CNCCO1. The van der Waals surface area contributed by atoms with E-state index in [0.29, 0.717) is 19.1 Å². The Balaban J connectivity index is 0.00000208. The van der Waals surface area contributed by atoms with Crippen molar-refractivity contribution in [3.05, 3.63) is 24.3 Å². The first-order chi connectivity index (χ1) is 11.3.